The van der Waals surface area contributed by atoms with E-state index in [9.17, 15) is 4.39 Å². The lowest BCUT2D eigenvalue weighted by Crippen LogP contribution is -2.39. The molecule has 3 heterocycles. The second-order valence-corrected chi connectivity index (χ2v) is 6.65. The summed E-state index contributed by atoms with van der Waals surface area (Å²) < 4.78 is 14.2. The number of nitriles is 1. The summed E-state index contributed by atoms with van der Waals surface area (Å²) in [5, 5.41) is 8.88. The zero-order valence-corrected chi connectivity index (χ0v) is 15.2. The summed E-state index contributed by atoms with van der Waals surface area (Å²) >= 11 is 0. The number of alkyl halides is 1. The first-order chi connectivity index (χ1) is 12.5. The van der Waals surface area contributed by atoms with Crippen LogP contribution >= 0.6 is 0 Å². The van der Waals surface area contributed by atoms with Crippen LogP contribution < -0.4 is 14.7 Å². The number of nitrogens with zero attached hydrogens (tertiary/aromatic N) is 7. The lowest BCUT2D eigenvalue weighted by molar-refractivity contribution is 0.356. The molecule has 0 bridgehead atoms. The third-order valence-electron chi connectivity index (χ3n) is 4.44. The number of hydrogen-bond acceptors (Lipinski definition) is 7. The van der Waals surface area contributed by atoms with Crippen LogP contribution in [0.2, 0.25) is 0 Å². The smallest absolute Gasteiger partial charge is 0.226 e. The highest BCUT2D eigenvalue weighted by Gasteiger charge is 2.34. The number of rotatable bonds is 5. The third-order valence-corrected chi connectivity index (χ3v) is 4.44. The highest BCUT2D eigenvalue weighted by molar-refractivity contribution is 5.47. The Labute approximate surface area is 152 Å². The van der Waals surface area contributed by atoms with Gasteiger partial charge in [-0.15, -0.1) is 0 Å². The molecule has 0 N–H and O–H groups in total. The molecule has 1 saturated heterocycles. The molecule has 8 heteroatoms. The van der Waals surface area contributed by atoms with Crippen molar-refractivity contribution in [2.24, 2.45) is 0 Å². The molecule has 26 heavy (non-hydrogen) atoms. The predicted octanol–water partition coefficient (Wildman–Crippen LogP) is 1.86. The monoisotopic (exact) mass is 355 g/mol. The van der Waals surface area contributed by atoms with Gasteiger partial charge in [0.05, 0.1) is 18.2 Å². The first-order valence-electron chi connectivity index (χ1n) is 8.46. The maximum atomic E-state index is 14.2. The Morgan fingerprint density at radius 3 is 2.73 bits per heavy atom. The van der Waals surface area contributed by atoms with Gasteiger partial charge in [0.25, 0.3) is 0 Å². The van der Waals surface area contributed by atoms with Crippen molar-refractivity contribution in [3.8, 4) is 6.07 Å². The summed E-state index contributed by atoms with van der Waals surface area (Å²) in [5.74, 6) is 2.09. The van der Waals surface area contributed by atoms with Gasteiger partial charge in [0, 0.05) is 46.5 Å². The summed E-state index contributed by atoms with van der Waals surface area (Å²) in [6, 6.07) is 7.40. The van der Waals surface area contributed by atoms with Crippen LogP contribution in [0.25, 0.3) is 0 Å². The summed E-state index contributed by atoms with van der Waals surface area (Å²) in [5.41, 5.74) is 0.519. The molecule has 1 aliphatic heterocycles. The minimum Gasteiger partial charge on any atom is -0.358 e. The average Bonchev–Trinajstić information content (AvgIpc) is 3.02. The van der Waals surface area contributed by atoms with Crippen molar-refractivity contribution in [1.82, 2.24) is 15.0 Å². The molecule has 0 radical (unpaired) electrons. The van der Waals surface area contributed by atoms with E-state index in [1.54, 1.807) is 24.5 Å². The average molecular weight is 355 g/mol. The molecule has 1 fully saturated rings. The van der Waals surface area contributed by atoms with Crippen LogP contribution in [0.3, 0.4) is 0 Å². The van der Waals surface area contributed by atoms with Gasteiger partial charge in [-0.2, -0.15) is 10.2 Å². The molecule has 7 nitrogen and oxygen atoms in total. The van der Waals surface area contributed by atoms with Crippen molar-refractivity contribution >= 4 is 17.6 Å². The van der Waals surface area contributed by atoms with Gasteiger partial charge in [-0.1, -0.05) is 0 Å². The molecule has 0 aliphatic carbocycles. The quantitative estimate of drug-likeness (QED) is 0.810. The third kappa shape index (κ3) is 3.82. The summed E-state index contributed by atoms with van der Waals surface area (Å²) in [7, 11) is 5.68. The first-order valence-corrected chi connectivity index (χ1v) is 8.46. The van der Waals surface area contributed by atoms with Crippen molar-refractivity contribution in [3.05, 3.63) is 36.2 Å². The maximum absolute atomic E-state index is 14.2. The van der Waals surface area contributed by atoms with Gasteiger partial charge in [0.2, 0.25) is 5.95 Å². The molecule has 1 aliphatic rings. The van der Waals surface area contributed by atoms with E-state index in [1.807, 2.05) is 41.9 Å². The Kier molecular flexibility index (Phi) is 5.16. The van der Waals surface area contributed by atoms with Gasteiger partial charge in [0.15, 0.2) is 0 Å². The molecule has 0 aromatic carbocycles. The van der Waals surface area contributed by atoms with Crippen LogP contribution in [0.15, 0.2) is 30.6 Å². The second-order valence-electron chi connectivity index (χ2n) is 6.65. The van der Waals surface area contributed by atoms with Crippen molar-refractivity contribution in [1.29, 1.82) is 5.26 Å². The lowest BCUT2D eigenvalue weighted by Gasteiger charge is -2.30. The fraction of sp³-hybridized carbons (Fsp3) is 0.444. The molecule has 0 unspecified atom stereocenters. The summed E-state index contributed by atoms with van der Waals surface area (Å²) in [6.45, 7) is 0.934. The van der Waals surface area contributed by atoms with Gasteiger partial charge in [-0.3, -0.25) is 0 Å². The summed E-state index contributed by atoms with van der Waals surface area (Å²) in [6.07, 6.45) is 2.80. The van der Waals surface area contributed by atoms with Gasteiger partial charge < -0.3 is 14.7 Å². The molecule has 2 aromatic heterocycles. The van der Waals surface area contributed by atoms with Crippen LogP contribution in [-0.4, -0.2) is 61.4 Å². The Bertz CT molecular complexity index is 787. The Balaban J connectivity index is 1.77. The molecule has 2 aromatic rings. The van der Waals surface area contributed by atoms with Crippen LogP contribution in [-0.2, 0) is 0 Å². The fourth-order valence-corrected chi connectivity index (χ4v) is 3.12. The summed E-state index contributed by atoms with van der Waals surface area (Å²) in [4.78, 5) is 18.9. The van der Waals surface area contributed by atoms with E-state index in [-0.39, 0.29) is 6.04 Å². The topological polar surface area (TPSA) is 72.2 Å². The normalized spacial score (nSPS) is 19.3. The largest absolute Gasteiger partial charge is 0.358 e. The Morgan fingerprint density at radius 2 is 2.08 bits per heavy atom. The Morgan fingerprint density at radius 1 is 1.27 bits per heavy atom. The van der Waals surface area contributed by atoms with Crippen LogP contribution in [0, 0.1) is 11.3 Å². The van der Waals surface area contributed by atoms with E-state index in [0.29, 0.717) is 31.0 Å². The van der Waals surface area contributed by atoms with E-state index in [0.717, 1.165) is 11.6 Å². The zero-order chi connectivity index (χ0) is 18.7. The number of aromatic nitrogens is 3. The van der Waals surface area contributed by atoms with Gasteiger partial charge in [0.1, 0.15) is 23.9 Å². The minimum absolute atomic E-state index is 0.0163. The number of pyridine rings is 1. The number of anilines is 3. The van der Waals surface area contributed by atoms with Crippen molar-refractivity contribution < 1.29 is 4.39 Å². The van der Waals surface area contributed by atoms with E-state index >= 15 is 0 Å². The number of likely N-dealkylation sites (N-methyl/N-ethyl adjacent to an activating group) is 1. The molecule has 136 valence electrons. The second kappa shape index (κ2) is 7.52. The van der Waals surface area contributed by atoms with Crippen molar-refractivity contribution in [2.45, 2.75) is 18.6 Å². The molecular weight excluding hydrogens is 333 g/mol. The molecule has 0 spiro atoms. The molecule has 3 rings (SSSR count). The SMILES string of the molecule is CN(C)c1nccc(N2C[C@@H](F)C[C@H]2CN(C)c2ccc(C#N)cn2)n1. The van der Waals surface area contributed by atoms with Gasteiger partial charge in [-0.25, -0.2) is 14.4 Å². The molecular formula is C18H22FN7. The molecule has 2 atom stereocenters. The highest BCUT2D eigenvalue weighted by Crippen LogP contribution is 2.27. The van der Waals surface area contributed by atoms with Crippen molar-refractivity contribution in [3.63, 3.8) is 0 Å². The standard InChI is InChI=1S/C18H22FN7/c1-24(2)18-21-7-6-17(23-18)26-11-14(19)8-15(26)12-25(3)16-5-4-13(9-20)10-22-16/h4-7,10,14-15H,8,11-12H2,1-3H3/t14-,15-/m0/s1. The van der Waals surface area contributed by atoms with Gasteiger partial charge in [-0.05, 0) is 18.2 Å². The number of halogens is 1. The minimum atomic E-state index is -0.889. The van der Waals surface area contributed by atoms with E-state index < -0.39 is 6.17 Å². The first kappa shape index (κ1) is 17.9. The van der Waals surface area contributed by atoms with Crippen LogP contribution in [0.5, 0.6) is 0 Å². The van der Waals surface area contributed by atoms with E-state index in [1.165, 1.54) is 0 Å². The van der Waals surface area contributed by atoms with Gasteiger partial charge >= 0.3 is 0 Å². The Hall–Kier alpha value is -2.95. The maximum Gasteiger partial charge on any atom is 0.226 e. The number of hydrogen-bond donors (Lipinski definition) is 0. The van der Waals surface area contributed by atoms with E-state index in [2.05, 4.69) is 21.0 Å². The van der Waals surface area contributed by atoms with Crippen LogP contribution in [0.4, 0.5) is 22.0 Å². The molecule has 0 saturated carbocycles. The highest BCUT2D eigenvalue weighted by atomic mass is 19.1. The van der Waals surface area contributed by atoms with Crippen molar-refractivity contribution in [2.75, 3.05) is 48.9 Å². The zero-order valence-electron chi connectivity index (χ0n) is 15.2. The fourth-order valence-electron chi connectivity index (χ4n) is 3.12. The predicted molar refractivity (Wildman–Crippen MR) is 99.2 cm³/mol. The molecule has 0 amide bonds. The van der Waals surface area contributed by atoms with Crippen LogP contribution in [0.1, 0.15) is 12.0 Å². The lowest BCUT2D eigenvalue weighted by atomic mass is 10.2. The van der Waals surface area contributed by atoms with E-state index in [4.69, 9.17) is 5.26 Å².